The van der Waals surface area contributed by atoms with Crippen molar-refractivity contribution in [3.05, 3.63) is 12.2 Å². The summed E-state index contributed by atoms with van der Waals surface area (Å²) in [4.78, 5) is 70.6. The minimum atomic E-state index is -0.749. The number of hydrogen-bond acceptors (Lipinski definition) is 18. The predicted octanol–water partition coefficient (Wildman–Crippen LogP) is 14.0. The lowest BCUT2D eigenvalue weighted by molar-refractivity contribution is -0.148. The molecule has 0 aromatic heterocycles. The molecule has 0 aromatic rings. The third-order valence-corrected chi connectivity index (χ3v) is 16.3. The Morgan fingerprint density at radius 1 is 0.326 bits per heavy atom. The molecule has 0 aromatic carbocycles. The maximum atomic E-state index is 13.0. The second kappa shape index (κ2) is 71.8. The zero-order chi connectivity index (χ0) is 66.0. The maximum Gasteiger partial charge on any atom is 0.508 e. The summed E-state index contributed by atoms with van der Waals surface area (Å²) in [5.74, 6) is 0.0542. The summed E-state index contributed by atoms with van der Waals surface area (Å²) in [5, 5.41) is 0. The molecule has 20 nitrogen and oxygen atoms in total. The first-order valence-electron chi connectivity index (χ1n) is 36.5. The van der Waals surface area contributed by atoms with Crippen molar-refractivity contribution in [3.8, 4) is 0 Å². The van der Waals surface area contributed by atoms with E-state index >= 15 is 0 Å². The highest BCUT2D eigenvalue weighted by atomic mass is 16.7. The van der Waals surface area contributed by atoms with Gasteiger partial charge in [-0.1, -0.05) is 176 Å². The zero-order valence-corrected chi connectivity index (χ0v) is 60.0. The number of carbonyl (C=O) groups excluding carboxylic acids is 5. The number of esters is 4. The number of rotatable bonds is 69. The van der Waals surface area contributed by atoms with Crippen LogP contribution in [0.5, 0.6) is 0 Å². The normalized spacial score (nSPS) is 12.4. The molecule has 0 aliphatic heterocycles. The van der Waals surface area contributed by atoms with E-state index in [4.69, 9.17) is 47.4 Å². The van der Waals surface area contributed by atoms with Gasteiger partial charge >= 0.3 is 30.0 Å². The minimum Gasteiger partial charge on any atom is -0.466 e. The minimum absolute atomic E-state index is 0. The van der Waals surface area contributed by atoms with Gasteiger partial charge in [0, 0.05) is 26.2 Å². The second-order valence-electron chi connectivity index (χ2n) is 24.7. The topological polar surface area (TPSA) is 250 Å². The molecule has 0 aliphatic rings. The Labute approximate surface area is 560 Å². The van der Waals surface area contributed by atoms with Crippen molar-refractivity contribution >= 4 is 30.0 Å². The number of nitrogens with zero attached hydrogens (tertiary/aromatic N) is 3. The van der Waals surface area contributed by atoms with Gasteiger partial charge in [-0.05, 0) is 128 Å². The Hall–Kier alpha value is -3.47. The van der Waals surface area contributed by atoms with Crippen LogP contribution >= 0.6 is 0 Å². The molecule has 0 radical (unpaired) electrons. The van der Waals surface area contributed by atoms with Crippen molar-refractivity contribution in [1.82, 2.24) is 14.7 Å². The van der Waals surface area contributed by atoms with E-state index < -0.39 is 12.1 Å². The lowest BCUT2D eigenvalue weighted by Crippen LogP contribution is -2.34. The zero-order valence-electron chi connectivity index (χ0n) is 60.0. The summed E-state index contributed by atoms with van der Waals surface area (Å²) >= 11 is 0. The van der Waals surface area contributed by atoms with Crippen molar-refractivity contribution in [2.24, 2.45) is 17.8 Å². The third-order valence-electron chi connectivity index (χ3n) is 16.3. The average Bonchev–Trinajstić information content (AvgIpc) is 3.64. The highest BCUT2D eigenvalue weighted by Crippen LogP contribution is 2.21. The molecule has 0 fully saturated rings. The van der Waals surface area contributed by atoms with E-state index in [2.05, 4.69) is 82.4 Å². The van der Waals surface area contributed by atoms with Gasteiger partial charge < -0.3 is 73.0 Å². The number of carbonyl (C=O) groups is 5. The molecular weight excluding hydrogens is 1180 g/mol. The average molecular weight is 1320 g/mol. The van der Waals surface area contributed by atoms with Crippen LogP contribution < -0.4 is 0 Å². The van der Waals surface area contributed by atoms with E-state index in [1.54, 1.807) is 0 Å². The van der Waals surface area contributed by atoms with E-state index in [1.165, 1.54) is 116 Å². The van der Waals surface area contributed by atoms with Crippen LogP contribution in [0, 0.1) is 17.8 Å². The van der Waals surface area contributed by atoms with Crippen LogP contribution in [0.1, 0.15) is 267 Å². The van der Waals surface area contributed by atoms with Crippen LogP contribution in [0.3, 0.4) is 0 Å². The van der Waals surface area contributed by atoms with E-state index in [-0.39, 0.29) is 108 Å². The van der Waals surface area contributed by atoms with Crippen molar-refractivity contribution in [2.45, 2.75) is 267 Å². The largest absolute Gasteiger partial charge is 0.508 e. The van der Waals surface area contributed by atoms with E-state index in [0.29, 0.717) is 83.4 Å². The van der Waals surface area contributed by atoms with Gasteiger partial charge in [-0.2, -0.15) is 0 Å². The molecule has 0 rings (SSSR count). The van der Waals surface area contributed by atoms with E-state index in [9.17, 15) is 24.0 Å². The standard InChI is InChI=1S/C72H137N3O15.2H2O/c1-9-16-23-27-28-32-53-85-68(76)41-49-74(50-42-69(77)86-56-54-81-63-83-60-65(35-20-13-5)38-29-24-17-10-2)47-33-45-73(8)46-34-48-75(51-43-70(78)87-57-55-82-64-84-61-66(36-21-14-6)39-30-25-18-11-3)52-44-71(79)88-58-59-89-72(80)90-62-67(37-22-15-7)40-31-26-19-12-4;;/h16,23,65-67H,9-15,17-22,24-64H2,1-8H3;2*1H2/b23-16-;;. The molecule has 3 atom stereocenters. The van der Waals surface area contributed by atoms with Crippen LogP contribution in [-0.4, -0.2) is 195 Å². The fourth-order valence-corrected chi connectivity index (χ4v) is 10.6. The Bertz CT molecular complexity index is 1670. The summed E-state index contributed by atoms with van der Waals surface area (Å²) in [6.07, 6.45) is 37.9. The first kappa shape index (κ1) is 92.7. The maximum absolute atomic E-state index is 13.0. The van der Waals surface area contributed by atoms with Gasteiger partial charge in [-0.3, -0.25) is 19.2 Å². The van der Waals surface area contributed by atoms with Crippen LogP contribution in [0.25, 0.3) is 0 Å². The number of allylic oxidation sites excluding steroid dienone is 2. The molecule has 0 amide bonds. The van der Waals surface area contributed by atoms with Gasteiger partial charge in [0.2, 0.25) is 0 Å². The fraction of sp³-hybridized carbons (Fsp3) is 0.903. The van der Waals surface area contributed by atoms with Gasteiger partial charge in [0.1, 0.15) is 40.0 Å². The Balaban J connectivity index is -0.0000396. The lowest BCUT2D eigenvalue weighted by atomic mass is 9.96. The quantitative estimate of drug-likeness (QED) is 0.0180. The Morgan fingerprint density at radius 3 is 1.08 bits per heavy atom. The fourth-order valence-electron chi connectivity index (χ4n) is 10.6. The molecule has 4 N–H and O–H groups in total. The van der Waals surface area contributed by atoms with Crippen molar-refractivity contribution in [1.29, 1.82) is 0 Å². The Kier molecular flexibility index (Phi) is 72.4. The summed E-state index contributed by atoms with van der Waals surface area (Å²) in [5.41, 5.74) is 0. The van der Waals surface area contributed by atoms with Crippen LogP contribution in [-0.2, 0) is 66.5 Å². The van der Waals surface area contributed by atoms with Gasteiger partial charge in [0.05, 0.1) is 65.3 Å². The molecule has 20 heteroatoms. The van der Waals surface area contributed by atoms with Crippen LogP contribution in [0.15, 0.2) is 12.2 Å². The molecule has 92 heavy (non-hydrogen) atoms. The molecule has 0 spiro atoms. The summed E-state index contributed by atoms with van der Waals surface area (Å²) in [7, 11) is 2.06. The molecular formula is C72H141N3O17. The van der Waals surface area contributed by atoms with Crippen molar-refractivity contribution in [3.63, 3.8) is 0 Å². The first-order valence-corrected chi connectivity index (χ1v) is 36.5. The molecule has 0 bridgehead atoms. The SMILES string of the molecule is CC/C=C\CCCCOC(=O)CCN(CCCN(C)CCCN(CCC(=O)OCCOCOCC(CCCC)CCCCCC)CCC(=O)OCCOC(=O)OCC(CCCC)CCCCCC)CCC(=O)OCCOCOCC(CCCC)CCCCCC.O.O. The number of unbranched alkanes of at least 4 members (excludes halogenated alkanes) is 14. The molecule has 546 valence electrons. The first-order chi connectivity index (χ1) is 43.9. The van der Waals surface area contributed by atoms with Crippen LogP contribution in [0.4, 0.5) is 4.79 Å². The smallest absolute Gasteiger partial charge is 0.466 e. The Morgan fingerprint density at radius 2 is 0.685 bits per heavy atom. The molecule has 0 saturated carbocycles. The van der Waals surface area contributed by atoms with Gasteiger partial charge in [0.15, 0.2) is 0 Å². The number of hydrogen-bond donors (Lipinski definition) is 0. The van der Waals surface area contributed by atoms with E-state index in [1.807, 2.05) is 0 Å². The second-order valence-corrected chi connectivity index (χ2v) is 24.7. The van der Waals surface area contributed by atoms with Crippen molar-refractivity contribution < 1.29 is 82.3 Å². The molecule has 3 unspecified atom stereocenters. The summed E-state index contributed by atoms with van der Waals surface area (Å²) in [6.45, 7) is 22.9. The molecule has 0 aliphatic carbocycles. The van der Waals surface area contributed by atoms with Crippen molar-refractivity contribution in [2.75, 3.05) is 139 Å². The van der Waals surface area contributed by atoms with Crippen LogP contribution in [0.2, 0.25) is 0 Å². The highest BCUT2D eigenvalue weighted by Gasteiger charge is 2.18. The van der Waals surface area contributed by atoms with E-state index in [0.717, 1.165) is 90.1 Å². The van der Waals surface area contributed by atoms with Gasteiger partial charge in [-0.25, -0.2) is 4.79 Å². The highest BCUT2D eigenvalue weighted by molar-refractivity contribution is 5.71. The van der Waals surface area contributed by atoms with Gasteiger partial charge in [-0.15, -0.1) is 0 Å². The predicted molar refractivity (Wildman–Crippen MR) is 369 cm³/mol. The summed E-state index contributed by atoms with van der Waals surface area (Å²) in [6, 6.07) is 0. The lowest BCUT2D eigenvalue weighted by Gasteiger charge is -2.25. The van der Waals surface area contributed by atoms with Gasteiger partial charge in [0.25, 0.3) is 0 Å². The third kappa shape index (κ3) is 63.9. The summed E-state index contributed by atoms with van der Waals surface area (Å²) < 4.78 is 55.9. The monoisotopic (exact) mass is 1320 g/mol. The number of ether oxygens (including phenoxy) is 10. The molecule has 0 saturated heterocycles. The molecule has 0 heterocycles.